The van der Waals surface area contributed by atoms with Gasteiger partial charge in [-0.25, -0.2) is 9.59 Å². The van der Waals surface area contributed by atoms with Gasteiger partial charge in [-0.1, -0.05) is 48.5 Å². The van der Waals surface area contributed by atoms with Crippen LogP contribution in [0.1, 0.15) is 49.0 Å². The molecule has 0 spiro atoms. The van der Waals surface area contributed by atoms with Gasteiger partial charge in [0.25, 0.3) is 0 Å². The molecule has 0 radical (unpaired) electrons. The Balaban J connectivity index is 1.22. The Kier molecular flexibility index (Phi) is 11.0. The Hall–Kier alpha value is -4.11. The summed E-state index contributed by atoms with van der Waals surface area (Å²) in [5, 5.41) is 50.8. The topological polar surface area (TPSA) is 179 Å². The minimum atomic E-state index is -1.27. The number of hydrogen-bond donors (Lipinski definition) is 7. The van der Waals surface area contributed by atoms with Crippen molar-refractivity contribution in [3.05, 3.63) is 83.4 Å². The molecule has 0 bridgehead atoms. The van der Waals surface area contributed by atoms with Gasteiger partial charge in [0.2, 0.25) is 0 Å². The zero-order chi connectivity index (χ0) is 34.6. The summed E-state index contributed by atoms with van der Waals surface area (Å²) in [6.07, 6.45) is -3.67. The Morgan fingerprint density at radius 2 is 1.62 bits per heavy atom. The first-order valence-electron chi connectivity index (χ1n) is 15.7. The van der Waals surface area contributed by atoms with E-state index in [-0.39, 0.29) is 17.3 Å². The second-order valence-corrected chi connectivity index (χ2v) is 12.4. The molecule has 0 aromatic heterocycles. The van der Waals surface area contributed by atoms with Crippen LogP contribution >= 0.6 is 12.2 Å². The highest BCUT2D eigenvalue weighted by molar-refractivity contribution is 7.80. The van der Waals surface area contributed by atoms with Gasteiger partial charge in [0.1, 0.15) is 36.2 Å². The summed E-state index contributed by atoms with van der Waals surface area (Å²) < 4.78 is 16.5. The minimum absolute atomic E-state index is 0.0120. The third kappa shape index (κ3) is 6.75. The lowest BCUT2D eigenvalue weighted by atomic mass is 9.87. The molecule has 1 aliphatic carbocycles. The average Bonchev–Trinajstić information content (AvgIpc) is 3.37. The summed E-state index contributed by atoms with van der Waals surface area (Å²) in [5.74, 6) is -1.61. The standard InChI is InChI=1S/C35H41N3O9S/c1-19-28(40)31(45-2)29(41)30(47-19)23-18-20(39)15-16-26(23)37-34(48)38-27(32(42)43)14-8-9-17-36-35(33(44)46-3)24-12-6-4-10-21(24)22-11-5-7-13-25(22)35/h4-7,10-13,15-16,18-19,27-31,36,39-41H,8-9,14,17H2,1-3H3,(H,42,43)(H2,37,38,48)/t19-,27-,28+,29+,30+,31+/m0/s1. The number of aliphatic hydroxyl groups excluding tert-OH is 2. The van der Waals surface area contributed by atoms with Crippen LogP contribution in [0, 0.1) is 0 Å². The number of carbonyl (C=O) groups excluding carboxylic acids is 1. The number of fused-ring (bicyclic) bond motifs is 3. The molecule has 1 saturated heterocycles. The number of anilines is 1. The molecule has 1 fully saturated rings. The van der Waals surface area contributed by atoms with Gasteiger partial charge in [-0.05, 0) is 85.4 Å². The van der Waals surface area contributed by atoms with E-state index < -0.39 is 54.0 Å². The number of methoxy groups -OCH3 is 2. The molecule has 7 N–H and O–H groups in total. The number of rotatable bonds is 12. The predicted molar refractivity (Wildman–Crippen MR) is 182 cm³/mol. The number of benzene rings is 3. The van der Waals surface area contributed by atoms with Crippen molar-refractivity contribution in [1.82, 2.24) is 10.6 Å². The van der Waals surface area contributed by atoms with E-state index in [1.807, 2.05) is 48.5 Å². The van der Waals surface area contributed by atoms with Crippen molar-refractivity contribution in [3.8, 4) is 16.9 Å². The summed E-state index contributed by atoms with van der Waals surface area (Å²) in [4.78, 5) is 25.6. The molecule has 0 amide bonds. The quantitative estimate of drug-likeness (QED) is 0.0643. The highest BCUT2D eigenvalue weighted by Gasteiger charge is 2.50. The number of aliphatic carboxylic acids is 1. The number of thiocarbonyl (C=S) groups is 1. The van der Waals surface area contributed by atoms with Gasteiger partial charge >= 0.3 is 11.9 Å². The van der Waals surface area contributed by atoms with Gasteiger partial charge in [0.05, 0.1) is 13.2 Å². The van der Waals surface area contributed by atoms with Crippen LogP contribution in [-0.4, -0.2) is 88.7 Å². The lowest BCUT2D eigenvalue weighted by molar-refractivity contribution is -0.226. The van der Waals surface area contributed by atoms with Crippen LogP contribution in [-0.2, 0) is 29.3 Å². The van der Waals surface area contributed by atoms with Gasteiger partial charge in [0.15, 0.2) is 10.7 Å². The number of carboxylic acids is 1. The van der Waals surface area contributed by atoms with Gasteiger partial charge in [-0.3, -0.25) is 5.32 Å². The maximum absolute atomic E-state index is 13.4. The number of aliphatic hydroxyl groups is 2. The number of carbonyl (C=O) groups is 2. The van der Waals surface area contributed by atoms with Crippen molar-refractivity contribution < 1.29 is 44.2 Å². The van der Waals surface area contributed by atoms with Crippen LogP contribution in [0.3, 0.4) is 0 Å². The lowest BCUT2D eigenvalue weighted by Gasteiger charge is -2.41. The van der Waals surface area contributed by atoms with E-state index in [2.05, 4.69) is 16.0 Å². The fourth-order valence-corrected chi connectivity index (χ4v) is 6.92. The van der Waals surface area contributed by atoms with E-state index in [4.69, 9.17) is 26.4 Å². The van der Waals surface area contributed by atoms with E-state index in [9.17, 15) is 30.0 Å². The van der Waals surface area contributed by atoms with Crippen LogP contribution in [0.15, 0.2) is 66.7 Å². The van der Waals surface area contributed by atoms with E-state index in [0.717, 1.165) is 22.3 Å². The van der Waals surface area contributed by atoms with Crippen LogP contribution in [0.2, 0.25) is 0 Å². The van der Waals surface area contributed by atoms with Crippen molar-refractivity contribution >= 4 is 35.0 Å². The summed E-state index contributed by atoms with van der Waals surface area (Å²) >= 11 is 5.47. The fourth-order valence-electron chi connectivity index (χ4n) is 6.66. The molecule has 0 saturated carbocycles. The molecule has 3 aromatic carbocycles. The molecule has 0 unspecified atom stereocenters. The number of nitrogens with one attached hydrogen (secondary N) is 3. The summed E-state index contributed by atoms with van der Waals surface area (Å²) in [7, 11) is 2.74. The van der Waals surface area contributed by atoms with E-state index >= 15 is 0 Å². The summed E-state index contributed by atoms with van der Waals surface area (Å²) in [6, 6.07) is 18.7. The number of aromatic hydroxyl groups is 1. The van der Waals surface area contributed by atoms with Crippen molar-refractivity contribution in [2.45, 2.75) is 68.3 Å². The zero-order valence-corrected chi connectivity index (χ0v) is 27.7. The summed E-state index contributed by atoms with van der Waals surface area (Å²) in [6.45, 7) is 2.05. The van der Waals surface area contributed by atoms with Crippen molar-refractivity contribution in [2.24, 2.45) is 0 Å². The summed E-state index contributed by atoms with van der Waals surface area (Å²) in [5.41, 5.74) is 3.05. The van der Waals surface area contributed by atoms with E-state index in [0.29, 0.717) is 30.6 Å². The highest BCUT2D eigenvalue weighted by atomic mass is 32.1. The second-order valence-electron chi connectivity index (χ2n) is 12.0. The molecule has 256 valence electrons. The Labute approximate surface area is 284 Å². The number of carboxylic acid groups (broad SMARTS) is 1. The van der Waals surface area contributed by atoms with Crippen molar-refractivity contribution in [2.75, 3.05) is 26.1 Å². The molecule has 2 aliphatic rings. The van der Waals surface area contributed by atoms with Gasteiger partial charge < -0.3 is 45.3 Å². The first-order valence-corrected chi connectivity index (χ1v) is 16.1. The lowest BCUT2D eigenvalue weighted by Crippen LogP contribution is -2.54. The first-order chi connectivity index (χ1) is 23.0. The SMILES string of the molecule is COC(=O)C1(NCCCC[C@H](NC(=S)Nc2ccc(O)cc2[C@H]2O[C@@H](C)[C@@H](O)[C@@H](OC)[C@@H]2O)C(=O)O)c2ccccc2-c2ccccc21. The number of phenols is 1. The minimum Gasteiger partial charge on any atom is -0.508 e. The molecule has 13 heteroatoms. The van der Waals surface area contributed by atoms with E-state index in [1.54, 1.807) is 6.92 Å². The number of ether oxygens (including phenoxy) is 3. The largest absolute Gasteiger partial charge is 0.508 e. The third-order valence-electron chi connectivity index (χ3n) is 9.04. The number of hydrogen-bond acceptors (Lipinski definition) is 10. The van der Waals surface area contributed by atoms with Crippen molar-refractivity contribution in [1.29, 1.82) is 0 Å². The molecule has 48 heavy (non-hydrogen) atoms. The Bertz CT molecular complexity index is 1610. The molecule has 5 rings (SSSR count). The average molecular weight is 680 g/mol. The maximum Gasteiger partial charge on any atom is 0.335 e. The maximum atomic E-state index is 13.4. The normalized spacial score (nSPS) is 23.0. The third-order valence-corrected chi connectivity index (χ3v) is 9.26. The second kappa shape index (κ2) is 15.0. The Morgan fingerprint density at radius 3 is 2.23 bits per heavy atom. The first kappa shape index (κ1) is 35.2. The molecular weight excluding hydrogens is 638 g/mol. The molecule has 12 nitrogen and oxygen atoms in total. The molecular formula is C35H41N3O9S. The highest BCUT2D eigenvalue weighted by Crippen LogP contribution is 2.48. The van der Waals surface area contributed by atoms with Crippen molar-refractivity contribution in [3.63, 3.8) is 0 Å². The Morgan fingerprint density at radius 1 is 0.979 bits per heavy atom. The van der Waals surface area contributed by atoms with Gasteiger partial charge in [0, 0.05) is 18.4 Å². The molecule has 1 heterocycles. The predicted octanol–water partition coefficient (Wildman–Crippen LogP) is 3.19. The number of phenolic OH excluding ortho intramolecular Hbond substituents is 1. The van der Waals surface area contributed by atoms with Crippen LogP contribution in [0.25, 0.3) is 11.1 Å². The fraction of sp³-hybridized carbons (Fsp3) is 0.400. The number of esters is 1. The van der Waals surface area contributed by atoms with Crippen LogP contribution < -0.4 is 16.0 Å². The number of unbranched alkanes of at least 4 members (excludes halogenated alkanes) is 1. The molecule has 3 aromatic rings. The zero-order valence-electron chi connectivity index (χ0n) is 26.9. The van der Waals surface area contributed by atoms with Gasteiger partial charge in [-0.2, -0.15) is 0 Å². The van der Waals surface area contributed by atoms with Gasteiger partial charge in [-0.15, -0.1) is 0 Å². The van der Waals surface area contributed by atoms with E-state index in [1.165, 1.54) is 32.4 Å². The monoisotopic (exact) mass is 679 g/mol. The van der Waals surface area contributed by atoms with Crippen LogP contribution in [0.5, 0.6) is 5.75 Å². The molecule has 6 atom stereocenters. The molecule has 1 aliphatic heterocycles. The van der Waals surface area contributed by atoms with Crippen LogP contribution in [0.4, 0.5) is 5.69 Å². The smallest absolute Gasteiger partial charge is 0.335 e.